The molecule has 48 heavy (non-hydrogen) atoms. The molecule has 0 spiro atoms. The van der Waals surface area contributed by atoms with E-state index in [9.17, 15) is 29.7 Å². The number of carbonyl (C=O) groups is 3. The Hall–Kier alpha value is -3.18. The van der Waals surface area contributed by atoms with Gasteiger partial charge in [-0.3, -0.25) is 0 Å². The monoisotopic (exact) mass is 679 g/mol. The normalized spacial score (nSPS) is 13.1. The third-order valence-corrected chi connectivity index (χ3v) is 8.73. The number of carboxylic acid groups (broad SMARTS) is 3. The second kappa shape index (κ2) is 27.7. The topological polar surface area (TPSA) is 187 Å². The lowest BCUT2D eigenvalue weighted by Crippen LogP contribution is -2.33. The molecule has 1 aromatic rings. The average molecular weight is 679 g/mol. The predicted octanol–water partition coefficient (Wildman–Crippen LogP) is 8.89. The maximum absolute atomic E-state index is 12.2. The van der Waals surface area contributed by atoms with E-state index in [1.807, 2.05) is 0 Å². The van der Waals surface area contributed by atoms with Crippen LogP contribution in [0.1, 0.15) is 175 Å². The van der Waals surface area contributed by atoms with Crippen molar-refractivity contribution < 1.29 is 29.7 Å². The molecule has 0 aliphatic carbocycles. The predicted molar refractivity (Wildman–Crippen MR) is 193 cm³/mol. The Morgan fingerprint density at radius 2 is 0.625 bits per heavy atom. The Kier molecular flexibility index (Phi) is 24.8. The van der Waals surface area contributed by atoms with Gasteiger partial charge < -0.3 is 31.3 Å². The smallest absolute Gasteiger partial charge is 0.326 e. The van der Waals surface area contributed by atoms with Gasteiger partial charge in [0.05, 0.1) is 0 Å². The number of hydrogen-bond acceptors (Lipinski definition) is 9. The van der Waals surface area contributed by atoms with Gasteiger partial charge in [0.2, 0.25) is 17.8 Å². The molecule has 1 rings (SSSR count). The third-order valence-electron chi connectivity index (χ3n) is 8.73. The molecule has 0 aromatic carbocycles. The summed E-state index contributed by atoms with van der Waals surface area (Å²) in [5.74, 6) is -3.29. The fourth-order valence-electron chi connectivity index (χ4n) is 5.73. The minimum atomic E-state index is -1.05. The summed E-state index contributed by atoms with van der Waals surface area (Å²) in [6.45, 7) is 6.51. The van der Waals surface area contributed by atoms with Gasteiger partial charge in [-0.05, 0) is 19.3 Å². The first-order valence-corrected chi connectivity index (χ1v) is 19.0. The molecule has 0 fully saturated rings. The molecule has 0 aliphatic rings. The average Bonchev–Trinajstić information content (AvgIpc) is 3.05. The Morgan fingerprint density at radius 3 is 0.833 bits per heavy atom. The van der Waals surface area contributed by atoms with Gasteiger partial charge in [-0.25, -0.2) is 14.4 Å². The van der Waals surface area contributed by atoms with Crippen molar-refractivity contribution in [3.63, 3.8) is 0 Å². The summed E-state index contributed by atoms with van der Waals surface area (Å²) in [5.41, 5.74) is 0. The number of unbranched alkanes of at least 4 members (excludes halogenated alkanes) is 18. The van der Waals surface area contributed by atoms with Gasteiger partial charge in [-0.1, -0.05) is 156 Å². The first-order valence-electron chi connectivity index (χ1n) is 19.0. The van der Waals surface area contributed by atoms with Crippen LogP contribution in [0.2, 0.25) is 0 Å². The number of rotatable bonds is 33. The molecule has 12 nitrogen and oxygen atoms in total. The lowest BCUT2D eigenvalue weighted by atomic mass is 10.1. The molecule has 0 bridgehead atoms. The van der Waals surface area contributed by atoms with Crippen molar-refractivity contribution in [1.82, 2.24) is 15.0 Å². The van der Waals surface area contributed by atoms with Crippen molar-refractivity contribution in [2.75, 3.05) is 16.0 Å². The van der Waals surface area contributed by atoms with Crippen LogP contribution >= 0.6 is 0 Å². The molecule has 0 saturated heterocycles. The Balaban J connectivity index is 3.05. The van der Waals surface area contributed by atoms with Gasteiger partial charge in [0.25, 0.3) is 0 Å². The summed E-state index contributed by atoms with van der Waals surface area (Å²) in [6.07, 6.45) is 23.2. The summed E-state index contributed by atoms with van der Waals surface area (Å²) in [7, 11) is 0. The van der Waals surface area contributed by atoms with Crippen molar-refractivity contribution in [2.24, 2.45) is 0 Å². The van der Waals surface area contributed by atoms with Crippen LogP contribution in [0.3, 0.4) is 0 Å². The highest BCUT2D eigenvalue weighted by Crippen LogP contribution is 2.19. The van der Waals surface area contributed by atoms with Gasteiger partial charge in [-0.15, -0.1) is 0 Å². The number of nitrogens with one attached hydrogen (secondary N) is 3. The SMILES string of the molecule is CCCCCCCCCC(Nc1nc(NC(CCCCCCCCC)C(=O)O)nc(NC(CCCCCCCCC)C(=O)O)n1)C(=O)O. The van der Waals surface area contributed by atoms with Crippen LogP contribution in [0.25, 0.3) is 0 Å². The fourth-order valence-corrected chi connectivity index (χ4v) is 5.73. The first-order chi connectivity index (χ1) is 23.2. The standard InChI is InChI=1S/C36H66N6O6/c1-4-7-10-13-16-19-22-25-28(31(43)44)37-34-40-35(38-29(32(45)46)26-23-20-17-14-11-8-5-2)42-36(41-34)39-30(33(47)48)27-24-21-18-15-12-9-6-3/h28-30H,4-27H2,1-3H3,(H,43,44)(H,45,46)(H,47,48)(H3,37,38,39,40,41,42). The Labute approximate surface area is 289 Å². The highest BCUT2D eigenvalue weighted by atomic mass is 16.4. The van der Waals surface area contributed by atoms with Crippen molar-refractivity contribution >= 4 is 35.8 Å². The van der Waals surface area contributed by atoms with Crippen molar-refractivity contribution in [1.29, 1.82) is 0 Å². The molecule has 1 heterocycles. The van der Waals surface area contributed by atoms with Crippen LogP contribution in [0, 0.1) is 0 Å². The first kappa shape index (κ1) is 42.8. The second-order valence-electron chi connectivity index (χ2n) is 13.1. The van der Waals surface area contributed by atoms with Gasteiger partial charge in [0, 0.05) is 0 Å². The lowest BCUT2D eigenvalue weighted by molar-refractivity contribution is -0.139. The second-order valence-corrected chi connectivity index (χ2v) is 13.1. The van der Waals surface area contributed by atoms with Crippen LogP contribution in [0.15, 0.2) is 0 Å². The van der Waals surface area contributed by atoms with E-state index in [0.29, 0.717) is 19.3 Å². The van der Waals surface area contributed by atoms with E-state index in [-0.39, 0.29) is 17.8 Å². The highest BCUT2D eigenvalue weighted by Gasteiger charge is 2.24. The molecule has 1 aromatic heterocycles. The van der Waals surface area contributed by atoms with Crippen LogP contribution in [0.5, 0.6) is 0 Å². The Bertz CT molecular complexity index is 877. The molecule has 0 amide bonds. The van der Waals surface area contributed by atoms with Crippen molar-refractivity contribution in [3.8, 4) is 0 Å². The highest BCUT2D eigenvalue weighted by molar-refractivity contribution is 5.78. The fraction of sp³-hybridized carbons (Fsp3) is 0.833. The van der Waals surface area contributed by atoms with E-state index in [1.165, 1.54) is 57.8 Å². The van der Waals surface area contributed by atoms with E-state index >= 15 is 0 Å². The van der Waals surface area contributed by atoms with Crippen LogP contribution in [0.4, 0.5) is 17.8 Å². The van der Waals surface area contributed by atoms with Gasteiger partial charge in [-0.2, -0.15) is 15.0 Å². The number of carboxylic acids is 3. The Morgan fingerprint density at radius 1 is 0.417 bits per heavy atom. The van der Waals surface area contributed by atoms with Gasteiger partial charge in [0.15, 0.2) is 0 Å². The number of aromatic nitrogens is 3. The lowest BCUT2D eigenvalue weighted by Gasteiger charge is -2.19. The third kappa shape index (κ3) is 20.9. The van der Waals surface area contributed by atoms with E-state index in [4.69, 9.17) is 0 Å². The molecule has 12 heteroatoms. The van der Waals surface area contributed by atoms with Crippen LogP contribution < -0.4 is 16.0 Å². The van der Waals surface area contributed by atoms with Gasteiger partial charge >= 0.3 is 17.9 Å². The zero-order chi connectivity index (χ0) is 35.4. The molecule has 3 atom stereocenters. The number of nitrogens with zero attached hydrogens (tertiary/aromatic N) is 3. The van der Waals surface area contributed by atoms with Crippen molar-refractivity contribution in [3.05, 3.63) is 0 Å². The summed E-state index contributed by atoms with van der Waals surface area (Å²) in [5, 5.41) is 38.5. The maximum atomic E-state index is 12.2. The van der Waals surface area contributed by atoms with Crippen LogP contribution in [-0.2, 0) is 14.4 Å². The summed E-state index contributed by atoms with van der Waals surface area (Å²) in [6, 6.07) is -2.89. The maximum Gasteiger partial charge on any atom is 0.326 e. The molecule has 6 N–H and O–H groups in total. The van der Waals surface area contributed by atoms with Gasteiger partial charge in [0.1, 0.15) is 18.1 Å². The van der Waals surface area contributed by atoms with E-state index < -0.39 is 36.0 Å². The van der Waals surface area contributed by atoms with E-state index in [1.54, 1.807) is 0 Å². The number of anilines is 3. The minimum absolute atomic E-state index is 0.0505. The van der Waals surface area contributed by atoms with E-state index in [2.05, 4.69) is 51.7 Å². The number of hydrogen-bond donors (Lipinski definition) is 6. The van der Waals surface area contributed by atoms with Crippen molar-refractivity contribution in [2.45, 2.75) is 193 Å². The largest absolute Gasteiger partial charge is 0.480 e. The molecule has 276 valence electrons. The van der Waals surface area contributed by atoms with Crippen LogP contribution in [-0.4, -0.2) is 66.3 Å². The summed E-state index contributed by atoms with van der Waals surface area (Å²) < 4.78 is 0. The molecular weight excluding hydrogens is 612 g/mol. The number of aliphatic carboxylic acids is 3. The molecule has 3 unspecified atom stereocenters. The molecule has 0 saturated carbocycles. The quantitative estimate of drug-likeness (QED) is 0.0388. The summed E-state index contributed by atoms with van der Waals surface area (Å²) >= 11 is 0. The summed E-state index contributed by atoms with van der Waals surface area (Å²) in [4.78, 5) is 49.5. The minimum Gasteiger partial charge on any atom is -0.480 e. The zero-order valence-electron chi connectivity index (χ0n) is 30.1. The molecule has 0 radical (unpaired) electrons. The van der Waals surface area contributed by atoms with E-state index in [0.717, 1.165) is 77.0 Å². The zero-order valence-corrected chi connectivity index (χ0v) is 30.1. The molecular formula is C36H66N6O6. The molecule has 0 aliphatic heterocycles.